The molecule has 0 atom stereocenters. The molecule has 0 amide bonds. The maximum atomic E-state index is 12.4. The summed E-state index contributed by atoms with van der Waals surface area (Å²) in [6, 6.07) is 6.75. The van der Waals surface area contributed by atoms with Crippen molar-refractivity contribution in [3.8, 4) is 0 Å². The standard InChI is InChI=1S/C9H12FN/c1-7(2)11-9-5-3-8(10)4-6-9/h3-7,11H,1-2H3. The van der Waals surface area contributed by atoms with Gasteiger partial charge in [-0.15, -0.1) is 0 Å². The van der Waals surface area contributed by atoms with Gasteiger partial charge in [0, 0.05) is 11.7 Å². The minimum Gasteiger partial charge on any atom is -0.383 e. The van der Waals surface area contributed by atoms with Gasteiger partial charge in [-0.2, -0.15) is 0 Å². The summed E-state index contributed by atoms with van der Waals surface area (Å²) in [7, 11) is 0. The average molecular weight is 153 g/mol. The molecule has 1 rings (SSSR count). The molecule has 0 aliphatic heterocycles. The summed E-state index contributed by atoms with van der Waals surface area (Å²) < 4.78 is 12.4. The summed E-state index contributed by atoms with van der Waals surface area (Å²) in [5.41, 5.74) is 0.960. The van der Waals surface area contributed by atoms with E-state index < -0.39 is 0 Å². The molecule has 0 aromatic heterocycles. The van der Waals surface area contributed by atoms with Gasteiger partial charge in [0.1, 0.15) is 5.82 Å². The lowest BCUT2D eigenvalue weighted by Gasteiger charge is -2.08. The van der Waals surface area contributed by atoms with E-state index in [0.717, 1.165) is 5.69 Å². The van der Waals surface area contributed by atoms with Crippen LogP contribution in [0.3, 0.4) is 0 Å². The SMILES string of the molecule is CC(C)Nc1ccc(F)cc1. The number of benzene rings is 1. The zero-order chi connectivity index (χ0) is 8.27. The Kier molecular flexibility index (Phi) is 2.47. The van der Waals surface area contributed by atoms with Crippen molar-refractivity contribution in [3.63, 3.8) is 0 Å². The Labute approximate surface area is 66.2 Å². The van der Waals surface area contributed by atoms with Gasteiger partial charge in [-0.1, -0.05) is 0 Å². The normalized spacial score (nSPS) is 10.2. The number of anilines is 1. The second-order valence-electron chi connectivity index (χ2n) is 2.81. The third-order valence-corrected chi connectivity index (χ3v) is 1.30. The number of nitrogens with one attached hydrogen (secondary N) is 1. The second-order valence-corrected chi connectivity index (χ2v) is 2.81. The van der Waals surface area contributed by atoms with Gasteiger partial charge in [-0.25, -0.2) is 4.39 Å². The van der Waals surface area contributed by atoms with Gasteiger partial charge in [0.15, 0.2) is 0 Å². The van der Waals surface area contributed by atoms with E-state index in [1.807, 2.05) is 13.8 Å². The number of hydrogen-bond acceptors (Lipinski definition) is 1. The zero-order valence-electron chi connectivity index (χ0n) is 6.76. The predicted molar refractivity (Wildman–Crippen MR) is 45.2 cm³/mol. The highest BCUT2D eigenvalue weighted by Gasteiger charge is 1.93. The van der Waals surface area contributed by atoms with Crippen molar-refractivity contribution < 1.29 is 4.39 Å². The van der Waals surface area contributed by atoms with Gasteiger partial charge < -0.3 is 5.32 Å². The van der Waals surface area contributed by atoms with Crippen LogP contribution in [0.4, 0.5) is 10.1 Å². The van der Waals surface area contributed by atoms with Crippen molar-refractivity contribution in [1.29, 1.82) is 0 Å². The molecule has 11 heavy (non-hydrogen) atoms. The van der Waals surface area contributed by atoms with Crippen LogP contribution in [0.1, 0.15) is 13.8 Å². The minimum atomic E-state index is -0.195. The molecular weight excluding hydrogens is 141 g/mol. The largest absolute Gasteiger partial charge is 0.383 e. The Morgan fingerprint density at radius 3 is 2.18 bits per heavy atom. The first kappa shape index (κ1) is 8.05. The van der Waals surface area contributed by atoms with E-state index in [0.29, 0.717) is 6.04 Å². The zero-order valence-corrected chi connectivity index (χ0v) is 6.76. The number of hydrogen-bond donors (Lipinski definition) is 1. The second kappa shape index (κ2) is 3.37. The highest BCUT2D eigenvalue weighted by molar-refractivity contribution is 5.43. The predicted octanol–water partition coefficient (Wildman–Crippen LogP) is 2.65. The fraction of sp³-hybridized carbons (Fsp3) is 0.333. The van der Waals surface area contributed by atoms with E-state index in [-0.39, 0.29) is 5.82 Å². The van der Waals surface area contributed by atoms with E-state index in [4.69, 9.17) is 0 Å². The van der Waals surface area contributed by atoms with Crippen molar-refractivity contribution in [1.82, 2.24) is 0 Å². The Hall–Kier alpha value is -1.05. The van der Waals surface area contributed by atoms with Crippen LogP contribution in [-0.4, -0.2) is 6.04 Å². The van der Waals surface area contributed by atoms with Crippen LogP contribution in [-0.2, 0) is 0 Å². The number of halogens is 1. The van der Waals surface area contributed by atoms with Crippen molar-refractivity contribution in [2.24, 2.45) is 0 Å². The maximum Gasteiger partial charge on any atom is 0.123 e. The lowest BCUT2D eigenvalue weighted by molar-refractivity contribution is 0.628. The molecule has 1 N–H and O–H groups in total. The molecule has 1 aromatic rings. The molecule has 2 heteroatoms. The number of rotatable bonds is 2. The summed E-state index contributed by atoms with van der Waals surface area (Å²) >= 11 is 0. The fourth-order valence-corrected chi connectivity index (χ4v) is 0.879. The van der Waals surface area contributed by atoms with Gasteiger partial charge in [0.2, 0.25) is 0 Å². The van der Waals surface area contributed by atoms with Crippen LogP contribution >= 0.6 is 0 Å². The molecule has 0 aliphatic carbocycles. The topological polar surface area (TPSA) is 12.0 Å². The van der Waals surface area contributed by atoms with Gasteiger partial charge >= 0.3 is 0 Å². The first-order valence-corrected chi connectivity index (χ1v) is 3.70. The molecule has 0 saturated carbocycles. The molecule has 0 bridgehead atoms. The smallest absolute Gasteiger partial charge is 0.123 e. The van der Waals surface area contributed by atoms with Crippen LogP contribution in [0.15, 0.2) is 24.3 Å². The van der Waals surface area contributed by atoms with E-state index in [1.54, 1.807) is 12.1 Å². The lowest BCUT2D eigenvalue weighted by Crippen LogP contribution is -2.09. The molecule has 0 spiro atoms. The highest BCUT2D eigenvalue weighted by Crippen LogP contribution is 2.08. The summed E-state index contributed by atoms with van der Waals surface area (Å²) in [5.74, 6) is -0.195. The van der Waals surface area contributed by atoms with Gasteiger partial charge in [-0.3, -0.25) is 0 Å². The van der Waals surface area contributed by atoms with Crippen molar-refractivity contribution in [2.75, 3.05) is 5.32 Å². The summed E-state index contributed by atoms with van der Waals surface area (Å²) in [5, 5.41) is 3.17. The molecule has 0 heterocycles. The Balaban J connectivity index is 2.66. The van der Waals surface area contributed by atoms with Crippen LogP contribution in [0.2, 0.25) is 0 Å². The van der Waals surface area contributed by atoms with Crippen molar-refractivity contribution >= 4 is 5.69 Å². The molecule has 0 radical (unpaired) electrons. The third kappa shape index (κ3) is 2.58. The molecule has 60 valence electrons. The van der Waals surface area contributed by atoms with Gasteiger partial charge in [0.25, 0.3) is 0 Å². The van der Waals surface area contributed by atoms with Gasteiger partial charge in [-0.05, 0) is 38.1 Å². The van der Waals surface area contributed by atoms with Crippen molar-refractivity contribution in [2.45, 2.75) is 19.9 Å². The quantitative estimate of drug-likeness (QED) is 0.688. The molecule has 0 fully saturated rings. The van der Waals surface area contributed by atoms with E-state index in [2.05, 4.69) is 5.32 Å². The molecule has 0 unspecified atom stereocenters. The minimum absolute atomic E-state index is 0.195. The van der Waals surface area contributed by atoms with E-state index in [1.165, 1.54) is 12.1 Å². The maximum absolute atomic E-state index is 12.4. The average Bonchev–Trinajstić information content (AvgIpc) is 1.93. The van der Waals surface area contributed by atoms with Crippen molar-refractivity contribution in [3.05, 3.63) is 30.1 Å². The lowest BCUT2D eigenvalue weighted by atomic mass is 10.3. The Bertz CT molecular complexity index is 216. The van der Waals surface area contributed by atoms with Gasteiger partial charge in [0.05, 0.1) is 0 Å². The van der Waals surface area contributed by atoms with Crippen LogP contribution < -0.4 is 5.32 Å². The van der Waals surface area contributed by atoms with Crippen LogP contribution in [0, 0.1) is 5.82 Å². The fourth-order valence-electron chi connectivity index (χ4n) is 0.879. The Morgan fingerprint density at radius 2 is 1.73 bits per heavy atom. The highest BCUT2D eigenvalue weighted by atomic mass is 19.1. The van der Waals surface area contributed by atoms with Crippen LogP contribution in [0.5, 0.6) is 0 Å². The first-order valence-electron chi connectivity index (χ1n) is 3.70. The summed E-state index contributed by atoms with van der Waals surface area (Å²) in [6.45, 7) is 4.09. The Morgan fingerprint density at radius 1 is 1.18 bits per heavy atom. The molecule has 0 aliphatic rings. The molecule has 1 aromatic carbocycles. The summed E-state index contributed by atoms with van der Waals surface area (Å²) in [4.78, 5) is 0. The van der Waals surface area contributed by atoms with E-state index >= 15 is 0 Å². The molecule has 1 nitrogen and oxygen atoms in total. The van der Waals surface area contributed by atoms with E-state index in [9.17, 15) is 4.39 Å². The molecular formula is C9H12FN. The third-order valence-electron chi connectivity index (χ3n) is 1.30. The summed E-state index contributed by atoms with van der Waals surface area (Å²) in [6.07, 6.45) is 0. The first-order chi connectivity index (χ1) is 5.18. The van der Waals surface area contributed by atoms with Crippen LogP contribution in [0.25, 0.3) is 0 Å². The monoisotopic (exact) mass is 153 g/mol. The molecule has 0 saturated heterocycles.